The van der Waals surface area contributed by atoms with Crippen LogP contribution >= 0.6 is 0 Å². The highest BCUT2D eigenvalue weighted by Crippen LogP contribution is 2.14. The molecule has 0 amide bonds. The summed E-state index contributed by atoms with van der Waals surface area (Å²) in [5, 5.41) is 6.71. The molecular formula is C14H25N5. The predicted molar refractivity (Wildman–Crippen MR) is 78.7 cm³/mol. The predicted octanol–water partition coefficient (Wildman–Crippen LogP) is 1.23. The molecule has 106 valence electrons. The van der Waals surface area contributed by atoms with E-state index in [1.807, 2.05) is 6.92 Å². The van der Waals surface area contributed by atoms with Crippen molar-refractivity contribution in [3.05, 3.63) is 17.5 Å². The topological polar surface area (TPSA) is 53.1 Å². The molecule has 2 rings (SSSR count). The van der Waals surface area contributed by atoms with Crippen molar-refractivity contribution in [2.45, 2.75) is 26.7 Å². The smallest absolute Gasteiger partial charge is 0.223 e. The van der Waals surface area contributed by atoms with E-state index < -0.39 is 0 Å². The first kappa shape index (κ1) is 14.2. The number of piperazine rings is 1. The molecule has 2 N–H and O–H groups in total. The molecular weight excluding hydrogens is 238 g/mol. The normalized spacial score (nSPS) is 16.8. The van der Waals surface area contributed by atoms with Crippen molar-refractivity contribution in [2.24, 2.45) is 0 Å². The molecule has 0 aromatic carbocycles. The molecule has 0 radical (unpaired) electrons. The van der Waals surface area contributed by atoms with Crippen molar-refractivity contribution >= 4 is 5.95 Å². The molecule has 1 aromatic rings. The molecule has 1 aliphatic rings. The molecule has 0 bridgehead atoms. The lowest BCUT2D eigenvalue weighted by molar-refractivity contribution is 0.249. The van der Waals surface area contributed by atoms with E-state index in [1.54, 1.807) is 0 Å². The minimum atomic E-state index is 0.440. The Labute approximate surface area is 115 Å². The zero-order chi connectivity index (χ0) is 13.7. The number of aromatic nitrogens is 2. The SMILES string of the molecule is Cc1cc(C(C)C)nc(NCCN2CCNCC2)n1. The molecule has 0 unspecified atom stereocenters. The van der Waals surface area contributed by atoms with Gasteiger partial charge in [-0.05, 0) is 18.9 Å². The van der Waals surface area contributed by atoms with Crippen molar-refractivity contribution < 1.29 is 0 Å². The Morgan fingerprint density at radius 3 is 2.74 bits per heavy atom. The van der Waals surface area contributed by atoms with Gasteiger partial charge in [0, 0.05) is 50.7 Å². The maximum absolute atomic E-state index is 4.56. The Kier molecular flexibility index (Phi) is 5.10. The Morgan fingerprint density at radius 2 is 2.05 bits per heavy atom. The highest BCUT2D eigenvalue weighted by Gasteiger charge is 2.09. The van der Waals surface area contributed by atoms with E-state index in [1.165, 1.54) is 0 Å². The van der Waals surface area contributed by atoms with Crippen LogP contribution in [0.15, 0.2) is 6.07 Å². The number of nitrogens with zero attached hydrogens (tertiary/aromatic N) is 3. The molecule has 2 heterocycles. The van der Waals surface area contributed by atoms with E-state index in [4.69, 9.17) is 0 Å². The average molecular weight is 263 g/mol. The van der Waals surface area contributed by atoms with Crippen LogP contribution in [0.1, 0.15) is 31.2 Å². The van der Waals surface area contributed by atoms with Gasteiger partial charge in [-0.25, -0.2) is 9.97 Å². The van der Waals surface area contributed by atoms with Crippen molar-refractivity contribution in [2.75, 3.05) is 44.6 Å². The van der Waals surface area contributed by atoms with Crippen LogP contribution in [0.4, 0.5) is 5.95 Å². The first-order chi connectivity index (χ1) is 9.15. The van der Waals surface area contributed by atoms with Crippen molar-refractivity contribution in [3.63, 3.8) is 0 Å². The van der Waals surface area contributed by atoms with Gasteiger partial charge in [-0.2, -0.15) is 0 Å². The van der Waals surface area contributed by atoms with E-state index >= 15 is 0 Å². The van der Waals surface area contributed by atoms with Crippen LogP contribution in [0, 0.1) is 6.92 Å². The fourth-order valence-corrected chi connectivity index (χ4v) is 2.23. The lowest BCUT2D eigenvalue weighted by Crippen LogP contribution is -2.45. The molecule has 1 aromatic heterocycles. The van der Waals surface area contributed by atoms with Gasteiger partial charge < -0.3 is 10.6 Å². The molecule has 1 fully saturated rings. The van der Waals surface area contributed by atoms with Crippen molar-refractivity contribution in [3.8, 4) is 0 Å². The molecule has 1 saturated heterocycles. The summed E-state index contributed by atoms with van der Waals surface area (Å²) in [6.07, 6.45) is 0. The van der Waals surface area contributed by atoms with Crippen LogP contribution in [0.25, 0.3) is 0 Å². The number of anilines is 1. The third-order valence-corrected chi connectivity index (χ3v) is 3.39. The minimum absolute atomic E-state index is 0.440. The second-order valence-corrected chi connectivity index (χ2v) is 5.43. The van der Waals surface area contributed by atoms with Gasteiger partial charge in [0.25, 0.3) is 0 Å². The fourth-order valence-electron chi connectivity index (χ4n) is 2.23. The third kappa shape index (κ3) is 4.44. The van der Waals surface area contributed by atoms with E-state index in [2.05, 4.69) is 45.4 Å². The Balaban J connectivity index is 1.84. The van der Waals surface area contributed by atoms with Crippen LogP contribution in [0.3, 0.4) is 0 Å². The van der Waals surface area contributed by atoms with Gasteiger partial charge in [0.2, 0.25) is 5.95 Å². The van der Waals surface area contributed by atoms with Gasteiger partial charge in [0.15, 0.2) is 0 Å². The van der Waals surface area contributed by atoms with Crippen LogP contribution in [0.5, 0.6) is 0 Å². The molecule has 5 heteroatoms. The average Bonchev–Trinajstić information content (AvgIpc) is 2.39. The molecule has 1 aliphatic heterocycles. The molecule has 0 atom stereocenters. The van der Waals surface area contributed by atoms with E-state index in [0.29, 0.717) is 5.92 Å². The van der Waals surface area contributed by atoms with E-state index in [-0.39, 0.29) is 0 Å². The Hall–Kier alpha value is -1.20. The van der Waals surface area contributed by atoms with Gasteiger partial charge in [-0.3, -0.25) is 4.90 Å². The summed E-state index contributed by atoms with van der Waals surface area (Å²) in [7, 11) is 0. The summed E-state index contributed by atoms with van der Waals surface area (Å²) in [6.45, 7) is 12.8. The molecule has 0 spiro atoms. The first-order valence-electron chi connectivity index (χ1n) is 7.17. The lowest BCUT2D eigenvalue weighted by Gasteiger charge is -2.27. The van der Waals surface area contributed by atoms with Crippen LogP contribution in [0.2, 0.25) is 0 Å². The maximum atomic E-state index is 4.56. The zero-order valence-corrected chi connectivity index (χ0v) is 12.2. The van der Waals surface area contributed by atoms with Gasteiger partial charge in [0.1, 0.15) is 0 Å². The minimum Gasteiger partial charge on any atom is -0.353 e. The fraction of sp³-hybridized carbons (Fsp3) is 0.714. The maximum Gasteiger partial charge on any atom is 0.223 e. The second kappa shape index (κ2) is 6.82. The van der Waals surface area contributed by atoms with Crippen LogP contribution in [-0.2, 0) is 0 Å². The summed E-state index contributed by atoms with van der Waals surface area (Å²) < 4.78 is 0. The largest absolute Gasteiger partial charge is 0.353 e. The molecule has 0 aliphatic carbocycles. The summed E-state index contributed by atoms with van der Waals surface area (Å²) >= 11 is 0. The Bertz CT molecular complexity index is 399. The second-order valence-electron chi connectivity index (χ2n) is 5.43. The summed E-state index contributed by atoms with van der Waals surface area (Å²) in [6, 6.07) is 2.06. The molecule has 19 heavy (non-hydrogen) atoms. The van der Waals surface area contributed by atoms with Gasteiger partial charge in [-0.15, -0.1) is 0 Å². The van der Waals surface area contributed by atoms with Crippen molar-refractivity contribution in [1.82, 2.24) is 20.2 Å². The van der Waals surface area contributed by atoms with Crippen LogP contribution < -0.4 is 10.6 Å². The standard InChI is InChI=1S/C14H25N5/c1-11(2)13-10-12(3)17-14(18-13)16-6-9-19-7-4-15-5-8-19/h10-11,15H,4-9H2,1-3H3,(H,16,17,18). The lowest BCUT2D eigenvalue weighted by atomic mass is 10.1. The third-order valence-electron chi connectivity index (χ3n) is 3.39. The summed E-state index contributed by atoms with van der Waals surface area (Å²) in [5.41, 5.74) is 2.14. The highest BCUT2D eigenvalue weighted by molar-refractivity contribution is 5.29. The number of hydrogen-bond acceptors (Lipinski definition) is 5. The number of aryl methyl sites for hydroxylation is 1. The first-order valence-corrected chi connectivity index (χ1v) is 7.17. The summed E-state index contributed by atoms with van der Waals surface area (Å²) in [5.74, 6) is 1.20. The Morgan fingerprint density at radius 1 is 1.32 bits per heavy atom. The number of nitrogens with one attached hydrogen (secondary N) is 2. The number of rotatable bonds is 5. The van der Waals surface area contributed by atoms with Crippen LogP contribution in [-0.4, -0.2) is 54.1 Å². The van der Waals surface area contributed by atoms with Crippen molar-refractivity contribution in [1.29, 1.82) is 0 Å². The summed E-state index contributed by atoms with van der Waals surface area (Å²) in [4.78, 5) is 11.5. The highest BCUT2D eigenvalue weighted by atomic mass is 15.2. The van der Waals surface area contributed by atoms with Gasteiger partial charge >= 0.3 is 0 Å². The van der Waals surface area contributed by atoms with E-state index in [9.17, 15) is 0 Å². The van der Waals surface area contributed by atoms with E-state index in [0.717, 1.165) is 56.6 Å². The molecule has 0 saturated carbocycles. The monoisotopic (exact) mass is 263 g/mol. The number of hydrogen-bond donors (Lipinski definition) is 2. The molecule has 5 nitrogen and oxygen atoms in total. The van der Waals surface area contributed by atoms with Gasteiger partial charge in [0.05, 0.1) is 0 Å². The quantitative estimate of drug-likeness (QED) is 0.837. The zero-order valence-electron chi connectivity index (χ0n) is 12.2. The van der Waals surface area contributed by atoms with Gasteiger partial charge in [-0.1, -0.05) is 13.8 Å².